The predicted molar refractivity (Wildman–Crippen MR) is 125 cm³/mol. The van der Waals surface area contributed by atoms with Gasteiger partial charge in [0.25, 0.3) is 17.5 Å². The van der Waals surface area contributed by atoms with E-state index < -0.39 is 22.7 Å². The van der Waals surface area contributed by atoms with Gasteiger partial charge in [-0.2, -0.15) is 0 Å². The van der Waals surface area contributed by atoms with Crippen molar-refractivity contribution in [2.24, 2.45) is 0 Å². The second kappa shape index (κ2) is 10.3. The van der Waals surface area contributed by atoms with Gasteiger partial charge in [0.2, 0.25) is 0 Å². The predicted octanol–water partition coefficient (Wildman–Crippen LogP) is 4.47. The molecule has 0 aliphatic carbocycles. The lowest BCUT2D eigenvalue weighted by molar-refractivity contribution is -0.384. The summed E-state index contributed by atoms with van der Waals surface area (Å²) in [6, 6.07) is 17.6. The van der Waals surface area contributed by atoms with Gasteiger partial charge in [-0.3, -0.25) is 19.7 Å². The Morgan fingerprint density at radius 1 is 0.939 bits per heavy atom. The van der Waals surface area contributed by atoms with Crippen LogP contribution >= 0.6 is 15.9 Å². The number of carboxylic acid groups (broad SMARTS) is 1. The molecule has 10 heteroatoms. The van der Waals surface area contributed by atoms with E-state index in [1.807, 2.05) is 0 Å². The summed E-state index contributed by atoms with van der Waals surface area (Å²) in [6.07, 6.45) is 1.29. The fraction of sp³-hybridized carbons (Fsp3) is 0. The van der Waals surface area contributed by atoms with Gasteiger partial charge in [0.15, 0.2) is 0 Å². The highest BCUT2D eigenvalue weighted by molar-refractivity contribution is 9.10. The average Bonchev–Trinajstić information content (AvgIpc) is 2.79. The van der Waals surface area contributed by atoms with Gasteiger partial charge in [-0.1, -0.05) is 34.1 Å². The number of rotatable bonds is 7. The Hall–Kier alpha value is -4.31. The molecule has 0 saturated heterocycles. The lowest BCUT2D eigenvalue weighted by atomic mass is 10.1. The van der Waals surface area contributed by atoms with Crippen molar-refractivity contribution in [2.45, 2.75) is 0 Å². The minimum absolute atomic E-state index is 0.0316. The van der Waals surface area contributed by atoms with Crippen LogP contribution in [0.15, 0.2) is 83.0 Å². The highest BCUT2D eigenvalue weighted by atomic mass is 79.9. The number of halogens is 1. The summed E-state index contributed by atoms with van der Waals surface area (Å²) in [6.45, 7) is 0. The van der Waals surface area contributed by atoms with Crippen LogP contribution in [0.2, 0.25) is 0 Å². The number of anilines is 1. The van der Waals surface area contributed by atoms with Crippen molar-refractivity contribution in [2.75, 3.05) is 5.32 Å². The summed E-state index contributed by atoms with van der Waals surface area (Å²) in [4.78, 5) is 47.3. The van der Waals surface area contributed by atoms with E-state index in [2.05, 4.69) is 26.6 Å². The van der Waals surface area contributed by atoms with E-state index in [1.54, 1.807) is 24.3 Å². The molecule has 0 fully saturated rings. The van der Waals surface area contributed by atoms with Crippen LogP contribution in [-0.4, -0.2) is 27.8 Å². The number of aromatic carboxylic acids is 1. The summed E-state index contributed by atoms with van der Waals surface area (Å²) < 4.78 is 0.766. The fourth-order valence-electron chi connectivity index (χ4n) is 2.78. The van der Waals surface area contributed by atoms with E-state index >= 15 is 0 Å². The molecular weight excluding hydrogens is 494 g/mol. The maximum absolute atomic E-state index is 13.0. The Morgan fingerprint density at radius 3 is 2.30 bits per heavy atom. The Kier molecular flexibility index (Phi) is 7.31. The number of benzene rings is 3. The molecule has 33 heavy (non-hydrogen) atoms. The molecule has 0 radical (unpaired) electrons. The van der Waals surface area contributed by atoms with Gasteiger partial charge in [0.05, 0.1) is 10.5 Å². The smallest absolute Gasteiger partial charge is 0.335 e. The molecule has 0 aliphatic rings. The highest BCUT2D eigenvalue weighted by Gasteiger charge is 2.16. The minimum Gasteiger partial charge on any atom is -0.478 e. The number of carboxylic acids is 1. The molecular formula is C23H16BrN3O6. The van der Waals surface area contributed by atoms with E-state index in [1.165, 1.54) is 54.6 Å². The third kappa shape index (κ3) is 6.34. The molecule has 0 aromatic heterocycles. The maximum atomic E-state index is 13.0. The molecule has 2 amide bonds. The van der Waals surface area contributed by atoms with Crippen LogP contribution in [0.25, 0.3) is 6.08 Å². The number of hydrogen-bond acceptors (Lipinski definition) is 5. The lowest BCUT2D eigenvalue weighted by Gasteiger charge is -2.12. The number of nitro groups is 1. The normalized spacial score (nSPS) is 10.9. The molecule has 0 spiro atoms. The van der Waals surface area contributed by atoms with Crippen LogP contribution in [-0.2, 0) is 4.79 Å². The monoisotopic (exact) mass is 509 g/mol. The number of hydrogen-bond donors (Lipinski definition) is 3. The van der Waals surface area contributed by atoms with Gasteiger partial charge in [-0.25, -0.2) is 4.79 Å². The summed E-state index contributed by atoms with van der Waals surface area (Å²) in [5.41, 5.74) is 0.383. The van der Waals surface area contributed by atoms with Gasteiger partial charge < -0.3 is 15.7 Å². The second-order valence-corrected chi connectivity index (χ2v) is 7.63. The van der Waals surface area contributed by atoms with Crippen LogP contribution < -0.4 is 10.6 Å². The standard InChI is InChI=1S/C23H16BrN3O6/c24-17-9-7-15(8-10-17)21(28)26-20(12-14-3-1-6-19(11-14)27(32)33)22(29)25-18-5-2-4-16(13-18)23(30)31/h1-13H,(H,25,29)(H,26,28)(H,30,31)/b20-12-. The van der Waals surface area contributed by atoms with Crippen LogP contribution in [0.4, 0.5) is 11.4 Å². The minimum atomic E-state index is -1.16. The Morgan fingerprint density at radius 2 is 1.64 bits per heavy atom. The largest absolute Gasteiger partial charge is 0.478 e. The van der Waals surface area contributed by atoms with Crippen LogP contribution in [0.1, 0.15) is 26.3 Å². The van der Waals surface area contributed by atoms with Crippen molar-refractivity contribution < 1.29 is 24.4 Å². The number of nitro benzene ring substituents is 1. The molecule has 3 N–H and O–H groups in total. The van der Waals surface area contributed by atoms with Gasteiger partial charge >= 0.3 is 5.97 Å². The third-order valence-electron chi connectivity index (χ3n) is 4.36. The number of non-ortho nitro benzene ring substituents is 1. The topological polar surface area (TPSA) is 139 Å². The lowest BCUT2D eigenvalue weighted by Crippen LogP contribution is -2.30. The SMILES string of the molecule is O=C(Nc1cccc(C(=O)O)c1)/C(=C/c1cccc([N+](=O)[O-])c1)NC(=O)c1ccc(Br)cc1. The summed E-state index contributed by atoms with van der Waals surface area (Å²) in [7, 11) is 0. The molecule has 166 valence electrons. The van der Waals surface area contributed by atoms with Crippen LogP contribution in [0.5, 0.6) is 0 Å². The molecule has 9 nitrogen and oxygen atoms in total. The first kappa shape index (κ1) is 23.4. The molecule has 3 rings (SSSR count). The molecule has 0 atom stereocenters. The van der Waals surface area contributed by atoms with E-state index in [9.17, 15) is 24.5 Å². The van der Waals surface area contributed by atoms with E-state index in [0.29, 0.717) is 5.56 Å². The quantitative estimate of drug-likeness (QED) is 0.244. The number of carbonyl (C=O) groups is 3. The fourth-order valence-corrected chi connectivity index (χ4v) is 3.04. The van der Waals surface area contributed by atoms with Gasteiger partial charge in [0, 0.05) is 27.9 Å². The van der Waals surface area contributed by atoms with Crippen LogP contribution in [0, 0.1) is 10.1 Å². The van der Waals surface area contributed by atoms with Gasteiger partial charge in [0.1, 0.15) is 5.70 Å². The molecule has 0 heterocycles. The Bertz CT molecular complexity index is 1270. The van der Waals surface area contributed by atoms with Crippen molar-refractivity contribution >= 4 is 51.2 Å². The second-order valence-electron chi connectivity index (χ2n) is 6.71. The third-order valence-corrected chi connectivity index (χ3v) is 4.89. The van der Waals surface area contributed by atoms with Crippen molar-refractivity contribution in [1.29, 1.82) is 0 Å². The van der Waals surface area contributed by atoms with Crippen molar-refractivity contribution in [1.82, 2.24) is 5.32 Å². The molecule has 0 saturated carbocycles. The first-order valence-electron chi connectivity index (χ1n) is 9.41. The first-order chi connectivity index (χ1) is 15.7. The maximum Gasteiger partial charge on any atom is 0.335 e. The van der Waals surface area contributed by atoms with Crippen LogP contribution in [0.3, 0.4) is 0 Å². The summed E-state index contributed by atoms with van der Waals surface area (Å²) in [5, 5.41) is 25.3. The highest BCUT2D eigenvalue weighted by Crippen LogP contribution is 2.18. The number of amides is 2. The van der Waals surface area contributed by atoms with Crippen molar-refractivity contribution in [3.8, 4) is 0 Å². The molecule has 0 bridgehead atoms. The zero-order valence-electron chi connectivity index (χ0n) is 16.8. The summed E-state index contributed by atoms with van der Waals surface area (Å²) in [5.74, 6) is -2.48. The Labute approximate surface area is 196 Å². The summed E-state index contributed by atoms with van der Waals surface area (Å²) >= 11 is 3.28. The van der Waals surface area contributed by atoms with E-state index in [4.69, 9.17) is 5.11 Å². The van der Waals surface area contributed by atoms with E-state index in [0.717, 1.165) is 4.47 Å². The van der Waals surface area contributed by atoms with Gasteiger partial charge in [-0.05, 0) is 54.1 Å². The number of nitrogens with zero attached hydrogens (tertiary/aromatic N) is 1. The molecule has 0 aliphatic heterocycles. The van der Waals surface area contributed by atoms with Crippen molar-refractivity contribution in [3.63, 3.8) is 0 Å². The number of carbonyl (C=O) groups excluding carboxylic acids is 2. The average molecular weight is 510 g/mol. The zero-order chi connectivity index (χ0) is 24.0. The molecule has 0 unspecified atom stereocenters. The van der Waals surface area contributed by atoms with Gasteiger partial charge in [-0.15, -0.1) is 0 Å². The Balaban J connectivity index is 1.94. The molecule has 3 aromatic rings. The van der Waals surface area contributed by atoms with Crippen molar-refractivity contribution in [3.05, 3.63) is 110 Å². The van der Waals surface area contributed by atoms with E-state index in [-0.39, 0.29) is 28.2 Å². The molecule has 3 aromatic carbocycles. The number of nitrogens with one attached hydrogen (secondary N) is 2. The first-order valence-corrected chi connectivity index (χ1v) is 10.2. The zero-order valence-corrected chi connectivity index (χ0v) is 18.4.